The number of aliphatic hydroxyl groups is 1. The van der Waals surface area contributed by atoms with Gasteiger partial charge in [-0.15, -0.1) is 0 Å². The molecule has 0 spiro atoms. The number of nitrogens with zero attached hydrogens (tertiary/aromatic N) is 2. The number of benzene rings is 2. The first kappa shape index (κ1) is 47.0. The van der Waals surface area contributed by atoms with E-state index in [0.29, 0.717) is 48.3 Å². The predicted molar refractivity (Wildman–Crippen MR) is 219 cm³/mol. The molecule has 298 valence electrons. The Labute approximate surface area is 333 Å². The second kappa shape index (κ2) is 22.4. The number of hydrogen-bond donors (Lipinski definition) is 1. The van der Waals surface area contributed by atoms with Crippen molar-refractivity contribution in [1.82, 2.24) is 8.61 Å². The van der Waals surface area contributed by atoms with Crippen molar-refractivity contribution in [2.45, 2.75) is 116 Å². The zero-order valence-corrected chi connectivity index (χ0v) is 36.0. The molecule has 3 unspecified atom stereocenters. The first-order chi connectivity index (χ1) is 24.9. The number of ether oxygens (including phenoxy) is 2. The van der Waals surface area contributed by atoms with Crippen LogP contribution in [0.5, 0.6) is 0 Å². The van der Waals surface area contributed by atoms with Crippen molar-refractivity contribution in [2.75, 3.05) is 32.9 Å². The molecule has 9 nitrogen and oxygen atoms in total. The van der Waals surface area contributed by atoms with Crippen LogP contribution in [0.3, 0.4) is 0 Å². The van der Waals surface area contributed by atoms with Gasteiger partial charge in [0.05, 0.1) is 39.6 Å². The summed E-state index contributed by atoms with van der Waals surface area (Å²) in [6, 6.07) is 15.7. The lowest BCUT2D eigenvalue weighted by Gasteiger charge is -2.40. The topological polar surface area (TPSA) is 113 Å². The summed E-state index contributed by atoms with van der Waals surface area (Å²) in [5, 5.41) is 8.98. The first-order valence-electron chi connectivity index (χ1n) is 18.4. The molecule has 2 aromatic carbocycles. The van der Waals surface area contributed by atoms with Gasteiger partial charge < -0.3 is 14.6 Å². The Morgan fingerprint density at radius 1 is 0.755 bits per heavy atom. The summed E-state index contributed by atoms with van der Waals surface area (Å²) in [6.45, 7) is 18.8. The lowest BCUT2D eigenvalue weighted by Crippen LogP contribution is -2.51. The molecule has 2 aliphatic rings. The van der Waals surface area contributed by atoms with Crippen LogP contribution < -0.4 is 0 Å². The van der Waals surface area contributed by atoms with Gasteiger partial charge in [-0.25, -0.2) is 21.8 Å². The highest BCUT2D eigenvalue weighted by Gasteiger charge is 2.39. The summed E-state index contributed by atoms with van der Waals surface area (Å²) in [5.41, 5.74) is 2.89. The molecule has 0 saturated carbocycles. The van der Waals surface area contributed by atoms with Crippen LogP contribution >= 0.6 is 23.2 Å². The Morgan fingerprint density at radius 3 is 1.66 bits per heavy atom. The number of rotatable bonds is 10. The van der Waals surface area contributed by atoms with E-state index in [1.807, 2.05) is 112 Å². The fraction of sp³-hybridized carbons (Fsp3) is 0.600. The van der Waals surface area contributed by atoms with Crippen LogP contribution in [0, 0.1) is 5.92 Å². The normalized spacial score (nSPS) is 20.8. The first-order valence-corrected chi connectivity index (χ1v) is 21.3. The van der Waals surface area contributed by atoms with Gasteiger partial charge in [0.2, 0.25) is 0 Å². The highest BCUT2D eigenvalue weighted by atomic mass is 35.5. The minimum Gasteiger partial charge on any atom is -0.466 e. The SMILES string of the molecule is CCO.CCOC(=O)C1=CCC(Cc2ccc(Cl)cc2)N([S@@](=O)C(C)(C)C)C1.CCOC(=O)C1CCC(Cc2ccc(Cl)cc2)N([S@@](=O)C(C)(C)C)C1. The van der Waals surface area contributed by atoms with E-state index in [1.165, 1.54) is 5.56 Å². The molecule has 0 radical (unpaired) electrons. The van der Waals surface area contributed by atoms with Gasteiger partial charge in [0.15, 0.2) is 0 Å². The molecule has 2 aliphatic heterocycles. The molecule has 13 heteroatoms. The molecule has 2 aromatic rings. The van der Waals surface area contributed by atoms with Crippen molar-refractivity contribution in [3.05, 3.63) is 81.4 Å². The van der Waals surface area contributed by atoms with Gasteiger partial charge in [0.1, 0.15) is 11.0 Å². The van der Waals surface area contributed by atoms with Crippen LogP contribution in [0.2, 0.25) is 10.0 Å². The van der Waals surface area contributed by atoms with Gasteiger partial charge in [-0.05, 0) is 130 Å². The van der Waals surface area contributed by atoms with Crippen molar-refractivity contribution in [2.24, 2.45) is 5.92 Å². The monoisotopic (exact) mass is 814 g/mol. The lowest BCUT2D eigenvalue weighted by molar-refractivity contribution is -0.149. The molecular formula is C40H60Cl2N2O7S2. The van der Waals surface area contributed by atoms with Crippen LogP contribution in [-0.2, 0) is 53.9 Å². The van der Waals surface area contributed by atoms with Crippen molar-refractivity contribution in [1.29, 1.82) is 0 Å². The quantitative estimate of drug-likeness (QED) is 0.243. The van der Waals surface area contributed by atoms with Gasteiger partial charge >= 0.3 is 11.9 Å². The molecule has 0 amide bonds. The second-order valence-electron chi connectivity index (χ2n) is 14.9. The average molecular weight is 816 g/mol. The zero-order valence-electron chi connectivity index (χ0n) is 32.9. The number of hydrogen-bond acceptors (Lipinski definition) is 7. The van der Waals surface area contributed by atoms with Crippen molar-refractivity contribution in [3.8, 4) is 0 Å². The maximum Gasteiger partial charge on any atom is 0.335 e. The van der Waals surface area contributed by atoms with E-state index >= 15 is 0 Å². The summed E-state index contributed by atoms with van der Waals surface area (Å²) in [7, 11) is -2.39. The molecule has 5 atom stereocenters. The van der Waals surface area contributed by atoms with E-state index in [1.54, 1.807) is 13.8 Å². The van der Waals surface area contributed by atoms with E-state index in [2.05, 4.69) is 0 Å². The number of aliphatic hydroxyl groups excluding tert-OH is 1. The van der Waals surface area contributed by atoms with Gasteiger partial charge in [-0.1, -0.05) is 53.5 Å². The molecule has 1 saturated heterocycles. The van der Waals surface area contributed by atoms with Crippen LogP contribution in [0.25, 0.3) is 0 Å². The number of piperidine rings is 1. The highest BCUT2D eigenvalue weighted by Crippen LogP contribution is 2.31. The van der Waals surface area contributed by atoms with Crippen LogP contribution in [0.1, 0.15) is 92.7 Å². The molecular weight excluding hydrogens is 755 g/mol. The van der Waals surface area contributed by atoms with E-state index in [9.17, 15) is 18.0 Å². The number of carbonyl (C=O) groups is 2. The summed E-state index contributed by atoms with van der Waals surface area (Å²) in [5.74, 6) is -0.695. The minimum atomic E-state index is -1.21. The Kier molecular flexibility index (Phi) is 19.9. The largest absolute Gasteiger partial charge is 0.466 e. The smallest absolute Gasteiger partial charge is 0.335 e. The minimum absolute atomic E-state index is 0.0689. The number of esters is 2. The van der Waals surface area contributed by atoms with Crippen molar-refractivity contribution in [3.63, 3.8) is 0 Å². The van der Waals surface area contributed by atoms with E-state index in [4.69, 9.17) is 37.8 Å². The van der Waals surface area contributed by atoms with Gasteiger partial charge in [-0.2, -0.15) is 0 Å². The molecule has 4 rings (SSSR count). The Balaban J connectivity index is 0.000000341. The maximum atomic E-state index is 13.1. The standard InChI is InChI=1S/C19H28ClNO3S.C19H26ClNO3S.C2H6O/c2*1-5-24-18(22)15-8-11-17(12-14-6-9-16(20)10-7-14)21(13-15)25(23)19(2,3)4;1-2-3/h6-7,9-10,15,17H,5,8,11-13H2,1-4H3;6-10,17H,5,11-13H2,1-4H3;3H,2H2,1H3/t15?,17?,25-;17?,25-;/m00./s1. The van der Waals surface area contributed by atoms with Crippen LogP contribution in [-0.4, -0.2) is 88.6 Å². The molecule has 1 N–H and O–H groups in total. The van der Waals surface area contributed by atoms with E-state index in [0.717, 1.165) is 31.2 Å². The summed E-state index contributed by atoms with van der Waals surface area (Å²) >= 11 is 11.9. The van der Waals surface area contributed by atoms with Crippen molar-refractivity contribution < 1.29 is 32.6 Å². The fourth-order valence-corrected chi connectivity index (χ4v) is 8.96. The number of halogens is 2. The molecule has 53 heavy (non-hydrogen) atoms. The fourth-order valence-electron chi connectivity index (χ4n) is 5.85. The third kappa shape index (κ3) is 15.5. The third-order valence-corrected chi connectivity index (χ3v) is 12.8. The van der Waals surface area contributed by atoms with E-state index < -0.39 is 26.7 Å². The van der Waals surface area contributed by atoms with Gasteiger partial charge in [-0.3, -0.25) is 4.79 Å². The Hall–Kier alpha value is -2.12. The third-order valence-electron chi connectivity index (χ3n) is 8.43. The molecule has 0 aromatic heterocycles. The maximum absolute atomic E-state index is 13.1. The summed E-state index contributed by atoms with van der Waals surface area (Å²) in [6.07, 6.45) is 5.75. The second-order valence-corrected chi connectivity index (χ2v) is 20.2. The van der Waals surface area contributed by atoms with Gasteiger partial charge in [0, 0.05) is 47.4 Å². The van der Waals surface area contributed by atoms with Gasteiger partial charge in [0.25, 0.3) is 0 Å². The average Bonchev–Trinajstić information content (AvgIpc) is 3.10. The van der Waals surface area contributed by atoms with Crippen molar-refractivity contribution >= 4 is 57.1 Å². The lowest BCUT2D eigenvalue weighted by atomic mass is 9.91. The number of carbonyl (C=O) groups excluding carboxylic acids is 2. The molecule has 1 fully saturated rings. The summed E-state index contributed by atoms with van der Waals surface area (Å²) in [4.78, 5) is 24.2. The zero-order chi connectivity index (χ0) is 39.9. The van der Waals surface area contributed by atoms with E-state index in [-0.39, 0.29) is 41.3 Å². The molecule has 0 aliphatic carbocycles. The molecule has 0 bridgehead atoms. The highest BCUT2D eigenvalue weighted by molar-refractivity contribution is 7.84. The Bertz CT molecular complexity index is 1520. The predicted octanol–water partition coefficient (Wildman–Crippen LogP) is 7.90. The van der Waals surface area contributed by atoms with Crippen LogP contribution in [0.15, 0.2) is 60.2 Å². The Morgan fingerprint density at radius 2 is 1.21 bits per heavy atom. The van der Waals surface area contributed by atoms with Crippen LogP contribution in [0.4, 0.5) is 0 Å². The summed E-state index contributed by atoms with van der Waals surface area (Å²) < 4.78 is 39.6. The molecule has 2 heterocycles.